The van der Waals surface area contributed by atoms with E-state index >= 15 is 0 Å². The molecule has 0 aromatic heterocycles. The van der Waals surface area contributed by atoms with Crippen molar-refractivity contribution in [1.82, 2.24) is 0 Å². The van der Waals surface area contributed by atoms with Gasteiger partial charge in [-0.2, -0.15) is 0 Å². The van der Waals surface area contributed by atoms with Gasteiger partial charge in [0.1, 0.15) is 5.60 Å². The van der Waals surface area contributed by atoms with Gasteiger partial charge in [0.25, 0.3) is 0 Å². The molecule has 22 heavy (non-hydrogen) atoms. The molecule has 0 unspecified atom stereocenters. The van der Waals surface area contributed by atoms with E-state index in [0.717, 1.165) is 12.0 Å². The number of methoxy groups -OCH3 is 3. The van der Waals surface area contributed by atoms with E-state index in [1.165, 1.54) is 0 Å². The zero-order valence-electron chi connectivity index (χ0n) is 14.1. The maximum absolute atomic E-state index is 12.1. The number of hydrogen-bond donors (Lipinski definition) is 0. The zero-order chi connectivity index (χ0) is 16.5. The molecule has 122 valence electrons. The molecular weight excluding hydrogens is 284 g/mol. The highest BCUT2D eigenvalue weighted by Gasteiger charge is 2.46. The van der Waals surface area contributed by atoms with Crippen molar-refractivity contribution in [3.8, 4) is 17.2 Å². The van der Waals surface area contributed by atoms with Gasteiger partial charge >= 0.3 is 5.97 Å². The van der Waals surface area contributed by atoms with Crippen LogP contribution in [0, 0.1) is 5.92 Å². The van der Waals surface area contributed by atoms with Crippen LogP contribution in [-0.2, 0) is 9.53 Å². The van der Waals surface area contributed by atoms with Crippen LogP contribution in [0.4, 0.5) is 0 Å². The molecule has 2 rings (SSSR count). The van der Waals surface area contributed by atoms with Crippen molar-refractivity contribution >= 4 is 5.97 Å². The van der Waals surface area contributed by atoms with Gasteiger partial charge in [-0.05, 0) is 50.8 Å². The number of ether oxygens (including phenoxy) is 4. The SMILES string of the molecule is COc1cc([C@@H]2C[C@H]2C(=O)OC(C)(C)C)cc(OC)c1OC. The zero-order valence-corrected chi connectivity index (χ0v) is 14.1. The predicted molar refractivity (Wildman–Crippen MR) is 82.8 cm³/mol. The van der Waals surface area contributed by atoms with Crippen molar-refractivity contribution < 1.29 is 23.7 Å². The fraction of sp³-hybridized carbons (Fsp3) is 0.588. The van der Waals surface area contributed by atoms with E-state index in [1.807, 2.05) is 32.9 Å². The molecule has 0 saturated heterocycles. The van der Waals surface area contributed by atoms with Gasteiger partial charge < -0.3 is 18.9 Å². The molecular formula is C17H24O5. The second-order valence-corrected chi connectivity index (χ2v) is 6.44. The highest BCUT2D eigenvalue weighted by molar-refractivity contribution is 5.78. The van der Waals surface area contributed by atoms with Gasteiger partial charge in [0, 0.05) is 0 Å². The minimum atomic E-state index is -0.459. The summed E-state index contributed by atoms with van der Waals surface area (Å²) >= 11 is 0. The molecule has 0 aliphatic heterocycles. The molecule has 1 aliphatic carbocycles. The van der Waals surface area contributed by atoms with Crippen molar-refractivity contribution in [2.24, 2.45) is 5.92 Å². The summed E-state index contributed by atoms with van der Waals surface area (Å²) in [6, 6.07) is 3.80. The first-order valence-electron chi connectivity index (χ1n) is 7.33. The number of hydrogen-bond acceptors (Lipinski definition) is 5. The number of carbonyl (C=O) groups excluding carboxylic acids is 1. The Morgan fingerprint density at radius 2 is 1.59 bits per heavy atom. The van der Waals surface area contributed by atoms with Crippen molar-refractivity contribution in [2.45, 2.75) is 38.7 Å². The lowest BCUT2D eigenvalue weighted by Crippen LogP contribution is -2.25. The number of carbonyl (C=O) groups is 1. The molecule has 5 nitrogen and oxygen atoms in total. The van der Waals surface area contributed by atoms with Gasteiger partial charge in [-0.25, -0.2) is 0 Å². The van der Waals surface area contributed by atoms with Crippen molar-refractivity contribution in [3.05, 3.63) is 17.7 Å². The van der Waals surface area contributed by atoms with Crippen molar-refractivity contribution in [2.75, 3.05) is 21.3 Å². The molecule has 0 bridgehead atoms. The second-order valence-electron chi connectivity index (χ2n) is 6.44. The Kier molecular flexibility index (Phi) is 4.54. The quantitative estimate of drug-likeness (QED) is 0.782. The molecule has 0 heterocycles. The molecule has 0 N–H and O–H groups in total. The number of esters is 1. The summed E-state index contributed by atoms with van der Waals surface area (Å²) < 4.78 is 21.5. The van der Waals surface area contributed by atoms with Gasteiger partial charge in [-0.3, -0.25) is 4.79 Å². The largest absolute Gasteiger partial charge is 0.493 e. The van der Waals surface area contributed by atoms with Crippen LogP contribution in [0.5, 0.6) is 17.2 Å². The predicted octanol–water partition coefficient (Wildman–Crippen LogP) is 3.16. The third-order valence-corrected chi connectivity index (χ3v) is 3.62. The lowest BCUT2D eigenvalue weighted by atomic mass is 10.1. The van der Waals surface area contributed by atoms with Gasteiger partial charge in [-0.15, -0.1) is 0 Å². The normalized spacial score (nSPS) is 20.3. The fourth-order valence-corrected chi connectivity index (χ4v) is 2.52. The summed E-state index contributed by atoms with van der Waals surface area (Å²) in [6.07, 6.45) is 0.785. The Labute approximate surface area is 131 Å². The van der Waals surface area contributed by atoms with Gasteiger partial charge in [0.05, 0.1) is 27.2 Å². The minimum Gasteiger partial charge on any atom is -0.493 e. The Morgan fingerprint density at radius 1 is 1.05 bits per heavy atom. The minimum absolute atomic E-state index is 0.0953. The maximum Gasteiger partial charge on any atom is 0.310 e. The Balaban J connectivity index is 2.20. The highest BCUT2D eigenvalue weighted by atomic mass is 16.6. The summed E-state index contributed by atoms with van der Waals surface area (Å²) in [5.41, 5.74) is 0.546. The van der Waals surface area contributed by atoms with Crippen LogP contribution in [0.2, 0.25) is 0 Å². The van der Waals surface area contributed by atoms with Crippen molar-refractivity contribution in [1.29, 1.82) is 0 Å². The Morgan fingerprint density at radius 3 is 2.00 bits per heavy atom. The number of rotatable bonds is 5. The van der Waals surface area contributed by atoms with Crippen molar-refractivity contribution in [3.63, 3.8) is 0 Å². The van der Waals surface area contributed by atoms with E-state index in [-0.39, 0.29) is 17.8 Å². The van der Waals surface area contributed by atoms with Gasteiger partial charge in [-0.1, -0.05) is 0 Å². The standard InChI is InChI=1S/C17H24O5/c1-17(2,3)22-16(18)12-9-11(12)10-7-13(19-4)15(21-6)14(8-10)20-5/h7-8,11-12H,9H2,1-6H3/t11-,12+/m0/s1. The van der Waals surface area contributed by atoms with Crippen LogP contribution in [-0.4, -0.2) is 32.9 Å². The van der Waals surface area contributed by atoms with E-state index in [1.54, 1.807) is 21.3 Å². The fourth-order valence-electron chi connectivity index (χ4n) is 2.52. The maximum atomic E-state index is 12.1. The lowest BCUT2D eigenvalue weighted by molar-refractivity contribution is -0.156. The first-order chi connectivity index (χ1) is 10.3. The molecule has 1 aromatic carbocycles. The summed E-state index contributed by atoms with van der Waals surface area (Å²) in [4.78, 5) is 12.1. The summed E-state index contributed by atoms with van der Waals surface area (Å²) in [5, 5.41) is 0. The second kappa shape index (κ2) is 6.07. The van der Waals surface area contributed by atoms with Crippen LogP contribution >= 0.6 is 0 Å². The first-order valence-corrected chi connectivity index (χ1v) is 7.33. The van der Waals surface area contributed by atoms with Crippen LogP contribution in [0.3, 0.4) is 0 Å². The highest BCUT2D eigenvalue weighted by Crippen LogP contribution is 2.52. The van der Waals surface area contributed by atoms with E-state index < -0.39 is 5.60 Å². The average Bonchev–Trinajstić information content (AvgIpc) is 3.24. The third-order valence-electron chi connectivity index (χ3n) is 3.62. The molecule has 0 spiro atoms. The molecule has 1 aliphatic rings. The molecule has 1 aromatic rings. The third kappa shape index (κ3) is 3.46. The number of benzene rings is 1. The van der Waals surface area contributed by atoms with E-state index in [4.69, 9.17) is 18.9 Å². The average molecular weight is 308 g/mol. The van der Waals surface area contributed by atoms with Gasteiger partial charge in [0.2, 0.25) is 5.75 Å². The Hall–Kier alpha value is -1.91. The van der Waals surface area contributed by atoms with E-state index in [0.29, 0.717) is 17.2 Å². The Bertz CT molecular complexity index is 534. The lowest BCUT2D eigenvalue weighted by Gasteiger charge is -2.19. The molecule has 2 atom stereocenters. The first kappa shape index (κ1) is 16.5. The monoisotopic (exact) mass is 308 g/mol. The molecule has 1 saturated carbocycles. The van der Waals surface area contributed by atoms with Crippen LogP contribution in [0.15, 0.2) is 12.1 Å². The molecule has 1 fully saturated rings. The van der Waals surface area contributed by atoms with E-state index in [2.05, 4.69) is 0 Å². The summed E-state index contributed by atoms with van der Waals surface area (Å²) in [5.74, 6) is 1.67. The molecule has 0 amide bonds. The smallest absolute Gasteiger partial charge is 0.310 e. The van der Waals surface area contributed by atoms with Gasteiger partial charge in [0.15, 0.2) is 11.5 Å². The topological polar surface area (TPSA) is 54.0 Å². The van der Waals surface area contributed by atoms with Crippen LogP contribution in [0.1, 0.15) is 38.7 Å². The summed E-state index contributed by atoms with van der Waals surface area (Å²) in [7, 11) is 4.74. The van der Waals surface area contributed by atoms with E-state index in [9.17, 15) is 4.79 Å². The summed E-state index contributed by atoms with van der Waals surface area (Å²) in [6.45, 7) is 5.63. The molecule has 5 heteroatoms. The van der Waals surface area contributed by atoms with Crippen LogP contribution in [0.25, 0.3) is 0 Å². The molecule has 0 radical (unpaired) electrons. The van der Waals surface area contributed by atoms with Crippen LogP contribution < -0.4 is 14.2 Å².